The lowest BCUT2D eigenvalue weighted by Gasteiger charge is -2.30. The summed E-state index contributed by atoms with van der Waals surface area (Å²) in [4.78, 5) is 0. The predicted molar refractivity (Wildman–Crippen MR) is 156 cm³/mol. The molecule has 0 aliphatic rings. The Kier molecular flexibility index (Phi) is 27.8. The van der Waals surface area contributed by atoms with Crippen LogP contribution in [0.4, 0.5) is 0 Å². The zero-order valence-corrected chi connectivity index (χ0v) is 25.4. The van der Waals surface area contributed by atoms with E-state index in [0.717, 1.165) is 13.2 Å². The molecule has 0 atom stereocenters. The molecule has 0 spiro atoms. The van der Waals surface area contributed by atoms with Crippen LogP contribution in [0.15, 0.2) is 0 Å². The molecule has 0 saturated heterocycles. The summed E-state index contributed by atoms with van der Waals surface area (Å²) >= 11 is 0. The molecule has 0 amide bonds. The van der Waals surface area contributed by atoms with Crippen molar-refractivity contribution in [1.82, 2.24) is 0 Å². The number of hydrogen-bond donors (Lipinski definition) is 0. The molecule has 34 heavy (non-hydrogen) atoms. The summed E-state index contributed by atoms with van der Waals surface area (Å²) in [6, 6.07) is 2.42. The van der Waals surface area contributed by atoms with E-state index in [2.05, 4.69) is 27.7 Å². The van der Waals surface area contributed by atoms with E-state index in [1.165, 1.54) is 160 Å². The topological polar surface area (TPSA) is 18.5 Å². The van der Waals surface area contributed by atoms with Crippen LogP contribution in [0.3, 0.4) is 0 Å². The minimum absolute atomic E-state index is 0.822. The quantitative estimate of drug-likeness (QED) is 0.0753. The number of rotatable bonds is 29. The molecular formula is C31H66O2Si. The molecular weight excluding hydrogens is 432 g/mol. The summed E-state index contributed by atoms with van der Waals surface area (Å²) in [6.07, 6.45) is 32.5. The molecule has 0 aromatic rings. The molecule has 3 heteroatoms. The smallest absolute Gasteiger partial charge is 0.338 e. The van der Waals surface area contributed by atoms with Gasteiger partial charge in [-0.3, -0.25) is 0 Å². The van der Waals surface area contributed by atoms with E-state index in [1.807, 2.05) is 0 Å². The van der Waals surface area contributed by atoms with Gasteiger partial charge < -0.3 is 8.85 Å². The van der Waals surface area contributed by atoms with Crippen LogP contribution in [0, 0.1) is 0 Å². The molecule has 0 aliphatic heterocycles. The van der Waals surface area contributed by atoms with Crippen molar-refractivity contribution in [1.29, 1.82) is 0 Å². The van der Waals surface area contributed by atoms with Gasteiger partial charge in [-0.1, -0.05) is 162 Å². The van der Waals surface area contributed by atoms with Crippen LogP contribution in [0.25, 0.3) is 0 Å². The fourth-order valence-electron chi connectivity index (χ4n) is 5.28. The van der Waals surface area contributed by atoms with Crippen molar-refractivity contribution in [3.63, 3.8) is 0 Å². The van der Waals surface area contributed by atoms with Gasteiger partial charge in [-0.05, 0) is 25.9 Å². The molecule has 0 saturated carbocycles. The zero-order chi connectivity index (χ0) is 25.0. The Bertz CT molecular complexity index is 368. The lowest BCUT2D eigenvalue weighted by molar-refractivity contribution is 0.180. The number of unbranched alkanes of at least 4 members (excludes halogenated alkanes) is 21. The Hall–Kier alpha value is 0.137. The molecule has 0 fully saturated rings. The van der Waals surface area contributed by atoms with Gasteiger partial charge in [-0.15, -0.1) is 0 Å². The van der Waals surface area contributed by atoms with Crippen LogP contribution < -0.4 is 0 Å². The van der Waals surface area contributed by atoms with Crippen molar-refractivity contribution in [3.8, 4) is 0 Å². The van der Waals surface area contributed by atoms with Crippen LogP contribution in [-0.2, 0) is 8.85 Å². The van der Waals surface area contributed by atoms with Gasteiger partial charge >= 0.3 is 8.56 Å². The average molecular weight is 499 g/mol. The summed E-state index contributed by atoms with van der Waals surface area (Å²) < 4.78 is 12.7. The van der Waals surface area contributed by atoms with Crippen LogP contribution in [-0.4, -0.2) is 21.8 Å². The molecule has 0 heterocycles. The second kappa shape index (κ2) is 27.7. The van der Waals surface area contributed by atoms with Crippen molar-refractivity contribution in [2.75, 3.05) is 13.2 Å². The highest BCUT2D eigenvalue weighted by Crippen LogP contribution is 2.26. The van der Waals surface area contributed by atoms with Crippen molar-refractivity contribution in [2.24, 2.45) is 0 Å². The van der Waals surface area contributed by atoms with Gasteiger partial charge in [-0.2, -0.15) is 0 Å². The second-order valence-corrected chi connectivity index (χ2v) is 14.1. The predicted octanol–water partition coefficient (Wildman–Crippen LogP) is 11.5. The second-order valence-electron chi connectivity index (χ2n) is 10.7. The minimum Gasteiger partial charge on any atom is -0.394 e. The molecule has 0 rings (SSSR count). The van der Waals surface area contributed by atoms with Crippen LogP contribution in [0.1, 0.15) is 175 Å². The third-order valence-corrected chi connectivity index (χ3v) is 11.2. The maximum absolute atomic E-state index is 6.37. The van der Waals surface area contributed by atoms with Gasteiger partial charge in [0.15, 0.2) is 0 Å². The van der Waals surface area contributed by atoms with E-state index >= 15 is 0 Å². The zero-order valence-electron chi connectivity index (χ0n) is 24.4. The molecule has 206 valence electrons. The van der Waals surface area contributed by atoms with Crippen molar-refractivity contribution in [2.45, 2.75) is 187 Å². The molecule has 0 radical (unpaired) electrons. The lowest BCUT2D eigenvalue weighted by Crippen LogP contribution is -2.42. The van der Waals surface area contributed by atoms with Gasteiger partial charge in [0.05, 0.1) is 0 Å². The summed E-state index contributed by atoms with van der Waals surface area (Å²) in [5.74, 6) is 0. The normalized spacial score (nSPS) is 12.0. The van der Waals surface area contributed by atoms with E-state index in [-0.39, 0.29) is 0 Å². The molecule has 0 aromatic carbocycles. The van der Waals surface area contributed by atoms with Gasteiger partial charge in [0.1, 0.15) is 0 Å². The van der Waals surface area contributed by atoms with E-state index in [4.69, 9.17) is 8.85 Å². The SMILES string of the molecule is CCCCCCCCCCCCCCCC[Si](CCCCCCCCCCC)(OCC)OCC. The Labute approximate surface area is 218 Å². The van der Waals surface area contributed by atoms with Crippen LogP contribution in [0.5, 0.6) is 0 Å². The van der Waals surface area contributed by atoms with Gasteiger partial charge in [0, 0.05) is 13.2 Å². The van der Waals surface area contributed by atoms with Crippen LogP contribution in [0.2, 0.25) is 12.1 Å². The van der Waals surface area contributed by atoms with E-state index in [1.54, 1.807) is 0 Å². The first-order valence-electron chi connectivity index (χ1n) is 16.0. The lowest BCUT2D eigenvalue weighted by atomic mass is 10.0. The molecule has 0 unspecified atom stereocenters. The maximum Gasteiger partial charge on any atom is 0.338 e. The summed E-state index contributed by atoms with van der Waals surface area (Å²) in [7, 11) is -1.98. The fourth-order valence-corrected chi connectivity index (χ4v) is 8.82. The van der Waals surface area contributed by atoms with Crippen molar-refractivity contribution in [3.05, 3.63) is 0 Å². The van der Waals surface area contributed by atoms with Crippen LogP contribution >= 0.6 is 0 Å². The molecule has 2 nitrogen and oxygen atoms in total. The summed E-state index contributed by atoms with van der Waals surface area (Å²) in [5.41, 5.74) is 0. The first-order valence-corrected chi connectivity index (χ1v) is 18.3. The van der Waals surface area contributed by atoms with E-state index in [0.29, 0.717) is 0 Å². The van der Waals surface area contributed by atoms with Crippen molar-refractivity contribution >= 4 is 8.56 Å². The highest BCUT2D eigenvalue weighted by Gasteiger charge is 2.35. The van der Waals surface area contributed by atoms with E-state index < -0.39 is 8.56 Å². The third-order valence-electron chi connectivity index (χ3n) is 7.39. The Morgan fingerprint density at radius 3 is 0.794 bits per heavy atom. The molecule has 0 bridgehead atoms. The molecule has 0 aliphatic carbocycles. The first-order chi connectivity index (χ1) is 16.7. The summed E-state index contributed by atoms with van der Waals surface area (Å²) in [5, 5.41) is 0. The van der Waals surface area contributed by atoms with Gasteiger partial charge in [0.2, 0.25) is 0 Å². The Morgan fingerprint density at radius 2 is 0.559 bits per heavy atom. The third kappa shape index (κ3) is 22.6. The van der Waals surface area contributed by atoms with E-state index in [9.17, 15) is 0 Å². The molecule has 0 aromatic heterocycles. The Balaban J connectivity index is 3.82. The minimum atomic E-state index is -1.98. The largest absolute Gasteiger partial charge is 0.394 e. The first kappa shape index (κ1) is 34.1. The van der Waals surface area contributed by atoms with Gasteiger partial charge in [-0.25, -0.2) is 0 Å². The highest BCUT2D eigenvalue weighted by atomic mass is 28.4. The molecule has 0 N–H and O–H groups in total. The fraction of sp³-hybridized carbons (Fsp3) is 1.00. The Morgan fingerprint density at radius 1 is 0.324 bits per heavy atom. The number of hydrogen-bond acceptors (Lipinski definition) is 2. The average Bonchev–Trinajstić information content (AvgIpc) is 2.83. The summed E-state index contributed by atoms with van der Waals surface area (Å²) in [6.45, 7) is 10.6. The highest BCUT2D eigenvalue weighted by molar-refractivity contribution is 6.67. The van der Waals surface area contributed by atoms with Gasteiger partial charge in [0.25, 0.3) is 0 Å². The maximum atomic E-state index is 6.37. The standard InChI is InChI=1S/C31H66O2Si/c1-5-9-11-13-15-17-18-19-20-21-23-25-27-29-31-34(32-7-3,33-8-4)30-28-26-24-22-16-14-12-10-6-2/h5-31H2,1-4H3. The van der Waals surface area contributed by atoms with Crippen molar-refractivity contribution < 1.29 is 8.85 Å². The monoisotopic (exact) mass is 498 g/mol.